The molecular formula is C18H24O3. The normalized spacial score (nSPS) is 18.2. The highest BCUT2D eigenvalue weighted by Crippen LogP contribution is 2.50. The lowest BCUT2D eigenvalue weighted by molar-refractivity contribution is 0.0525. The first kappa shape index (κ1) is 14.4. The summed E-state index contributed by atoms with van der Waals surface area (Å²) in [5.41, 5.74) is 3.36. The number of benzene rings is 1. The third-order valence-corrected chi connectivity index (χ3v) is 4.52. The molecule has 0 unspecified atom stereocenters. The Morgan fingerprint density at radius 1 is 1.10 bits per heavy atom. The third-order valence-electron chi connectivity index (χ3n) is 4.52. The van der Waals surface area contributed by atoms with Crippen molar-refractivity contribution in [3.05, 3.63) is 28.8 Å². The molecule has 114 valence electrons. The molecule has 21 heavy (non-hydrogen) atoms. The van der Waals surface area contributed by atoms with Gasteiger partial charge in [-0.3, -0.25) is 0 Å². The topological polar surface area (TPSA) is 35.5 Å². The monoisotopic (exact) mass is 288 g/mol. The van der Waals surface area contributed by atoms with E-state index in [0.717, 1.165) is 5.75 Å². The van der Waals surface area contributed by atoms with Crippen molar-refractivity contribution in [1.82, 2.24) is 0 Å². The van der Waals surface area contributed by atoms with Crippen molar-refractivity contribution in [3.8, 4) is 5.75 Å². The molecule has 3 rings (SSSR count). The number of carbonyl (C=O) groups is 1. The van der Waals surface area contributed by atoms with Crippen LogP contribution in [0.1, 0.15) is 79.3 Å². The van der Waals surface area contributed by atoms with Crippen molar-refractivity contribution in [1.29, 1.82) is 0 Å². The lowest BCUT2D eigenvalue weighted by Gasteiger charge is -2.30. The highest BCUT2D eigenvalue weighted by atomic mass is 16.5. The van der Waals surface area contributed by atoms with Gasteiger partial charge < -0.3 is 9.47 Å². The molecule has 2 aliphatic carbocycles. The summed E-state index contributed by atoms with van der Waals surface area (Å²) in [6.07, 6.45) is 6.27. The van der Waals surface area contributed by atoms with Crippen molar-refractivity contribution in [2.24, 2.45) is 0 Å². The second-order valence-electron chi connectivity index (χ2n) is 6.03. The molecule has 2 aliphatic rings. The minimum absolute atomic E-state index is 0.236. The number of rotatable bonds is 6. The van der Waals surface area contributed by atoms with Gasteiger partial charge in [0, 0.05) is 5.56 Å². The van der Waals surface area contributed by atoms with E-state index in [0.29, 0.717) is 30.6 Å². The van der Waals surface area contributed by atoms with Crippen LogP contribution in [0, 0.1) is 0 Å². The molecule has 0 radical (unpaired) electrons. The Balaban J connectivity index is 2.02. The van der Waals surface area contributed by atoms with Gasteiger partial charge in [0.15, 0.2) is 0 Å². The average Bonchev–Trinajstić information content (AvgIpc) is 3.23. The molecular weight excluding hydrogens is 264 g/mol. The van der Waals surface area contributed by atoms with E-state index >= 15 is 0 Å². The van der Waals surface area contributed by atoms with Crippen molar-refractivity contribution < 1.29 is 14.3 Å². The number of carbonyl (C=O) groups excluding carboxylic acids is 1. The van der Waals surface area contributed by atoms with Gasteiger partial charge in [0.05, 0.1) is 18.8 Å². The molecule has 1 aromatic rings. The molecule has 0 aromatic heterocycles. The van der Waals surface area contributed by atoms with Crippen molar-refractivity contribution in [3.63, 3.8) is 0 Å². The molecule has 0 bridgehead atoms. The van der Waals surface area contributed by atoms with E-state index in [1.807, 2.05) is 19.9 Å². The van der Waals surface area contributed by atoms with Gasteiger partial charge >= 0.3 is 5.97 Å². The largest absolute Gasteiger partial charge is 0.494 e. The Hall–Kier alpha value is -1.51. The molecule has 0 atom stereocenters. The first-order chi connectivity index (χ1) is 10.2. The van der Waals surface area contributed by atoms with E-state index in [4.69, 9.17) is 9.47 Å². The van der Waals surface area contributed by atoms with Crippen LogP contribution in [0.3, 0.4) is 0 Å². The Labute approximate surface area is 126 Å². The van der Waals surface area contributed by atoms with Crippen LogP contribution in [0.2, 0.25) is 0 Å². The van der Waals surface area contributed by atoms with E-state index in [9.17, 15) is 4.79 Å². The lowest BCUT2D eigenvalue weighted by atomic mass is 9.76. The minimum atomic E-state index is -0.236. The summed E-state index contributed by atoms with van der Waals surface area (Å²) >= 11 is 0. The lowest BCUT2D eigenvalue weighted by Crippen LogP contribution is -2.15. The predicted octanol–water partition coefficient (Wildman–Crippen LogP) is 4.41. The molecule has 0 spiro atoms. The number of esters is 1. The smallest absolute Gasteiger partial charge is 0.338 e. The van der Waals surface area contributed by atoms with Gasteiger partial charge in [-0.05, 0) is 69.1 Å². The average molecular weight is 288 g/mol. The molecule has 1 aromatic carbocycles. The van der Waals surface area contributed by atoms with Crippen LogP contribution in [-0.2, 0) is 4.74 Å². The SMILES string of the molecule is CCOC(=O)c1cc(OCC)c(C2CCC2)c(C2CC2)c1. The van der Waals surface area contributed by atoms with Crippen LogP contribution >= 0.6 is 0 Å². The van der Waals surface area contributed by atoms with Crippen LogP contribution in [0.25, 0.3) is 0 Å². The zero-order valence-corrected chi connectivity index (χ0v) is 13.0. The van der Waals surface area contributed by atoms with Gasteiger partial charge in [-0.1, -0.05) is 6.42 Å². The minimum Gasteiger partial charge on any atom is -0.494 e. The molecule has 3 nitrogen and oxygen atoms in total. The van der Waals surface area contributed by atoms with Crippen LogP contribution in [0.15, 0.2) is 12.1 Å². The fourth-order valence-corrected chi connectivity index (χ4v) is 3.12. The summed E-state index contributed by atoms with van der Waals surface area (Å²) in [4.78, 5) is 12.1. The first-order valence-corrected chi connectivity index (χ1v) is 8.22. The predicted molar refractivity (Wildman–Crippen MR) is 82.1 cm³/mol. The van der Waals surface area contributed by atoms with Crippen molar-refractivity contribution in [2.75, 3.05) is 13.2 Å². The Morgan fingerprint density at radius 3 is 2.38 bits per heavy atom. The fraction of sp³-hybridized carbons (Fsp3) is 0.611. The molecule has 0 aliphatic heterocycles. The second-order valence-corrected chi connectivity index (χ2v) is 6.03. The van der Waals surface area contributed by atoms with Gasteiger partial charge in [0.2, 0.25) is 0 Å². The van der Waals surface area contributed by atoms with Crippen LogP contribution in [0.4, 0.5) is 0 Å². The first-order valence-electron chi connectivity index (χ1n) is 8.22. The summed E-state index contributed by atoms with van der Waals surface area (Å²) < 4.78 is 11.0. The maximum Gasteiger partial charge on any atom is 0.338 e. The Bertz CT molecular complexity index is 528. The van der Waals surface area contributed by atoms with E-state index in [-0.39, 0.29) is 5.97 Å². The van der Waals surface area contributed by atoms with Crippen molar-refractivity contribution in [2.45, 2.75) is 57.8 Å². The summed E-state index contributed by atoms with van der Waals surface area (Å²) in [5, 5.41) is 0. The number of hydrogen-bond donors (Lipinski definition) is 0. The van der Waals surface area contributed by atoms with E-state index < -0.39 is 0 Å². The quantitative estimate of drug-likeness (QED) is 0.727. The molecule has 3 heteroatoms. The fourth-order valence-electron chi connectivity index (χ4n) is 3.12. The van der Waals surface area contributed by atoms with Crippen LogP contribution < -0.4 is 4.74 Å². The third kappa shape index (κ3) is 2.92. The summed E-state index contributed by atoms with van der Waals surface area (Å²) in [5.74, 6) is 1.92. The summed E-state index contributed by atoms with van der Waals surface area (Å²) in [7, 11) is 0. The van der Waals surface area contributed by atoms with Gasteiger partial charge in [-0.2, -0.15) is 0 Å². The van der Waals surface area contributed by atoms with Crippen molar-refractivity contribution >= 4 is 5.97 Å². The Morgan fingerprint density at radius 2 is 1.86 bits per heavy atom. The standard InChI is InChI=1S/C18H24O3/c1-3-20-16-11-14(18(19)21-4-2)10-15(12-8-9-12)17(16)13-6-5-7-13/h10-13H,3-9H2,1-2H3. The molecule has 2 fully saturated rings. The number of ether oxygens (including phenoxy) is 2. The van der Waals surface area contributed by atoms with E-state index in [1.165, 1.54) is 43.2 Å². The van der Waals surface area contributed by atoms with Gasteiger partial charge in [-0.15, -0.1) is 0 Å². The maximum absolute atomic E-state index is 12.1. The molecule has 0 heterocycles. The van der Waals surface area contributed by atoms with Gasteiger partial charge in [-0.25, -0.2) is 4.79 Å². The molecule has 2 saturated carbocycles. The maximum atomic E-state index is 12.1. The summed E-state index contributed by atoms with van der Waals surface area (Å²) in [6, 6.07) is 3.95. The van der Waals surface area contributed by atoms with E-state index in [2.05, 4.69) is 6.07 Å². The van der Waals surface area contributed by atoms with Crippen LogP contribution in [0.5, 0.6) is 5.75 Å². The molecule has 0 amide bonds. The molecule has 0 saturated heterocycles. The number of hydrogen-bond acceptors (Lipinski definition) is 3. The molecule has 0 N–H and O–H groups in total. The summed E-state index contributed by atoms with van der Waals surface area (Å²) in [6.45, 7) is 4.88. The zero-order valence-electron chi connectivity index (χ0n) is 13.0. The van der Waals surface area contributed by atoms with E-state index in [1.54, 1.807) is 0 Å². The zero-order chi connectivity index (χ0) is 14.8. The van der Waals surface area contributed by atoms with Gasteiger partial charge in [0.25, 0.3) is 0 Å². The van der Waals surface area contributed by atoms with Crippen LogP contribution in [-0.4, -0.2) is 19.2 Å². The van der Waals surface area contributed by atoms with Gasteiger partial charge in [0.1, 0.15) is 5.75 Å². The second kappa shape index (κ2) is 6.08. The highest BCUT2D eigenvalue weighted by molar-refractivity contribution is 5.90. The highest BCUT2D eigenvalue weighted by Gasteiger charge is 2.34. The Kier molecular flexibility index (Phi) is 4.18.